The van der Waals surface area contributed by atoms with E-state index in [0.717, 1.165) is 35.6 Å². The van der Waals surface area contributed by atoms with Gasteiger partial charge in [0.1, 0.15) is 20.0 Å². The van der Waals surface area contributed by atoms with Gasteiger partial charge in [0.2, 0.25) is 0 Å². The van der Waals surface area contributed by atoms with Crippen molar-refractivity contribution in [3.05, 3.63) is 80.9 Å². The monoisotopic (exact) mass is 566 g/mol. The van der Waals surface area contributed by atoms with Crippen molar-refractivity contribution in [1.29, 1.82) is 0 Å². The molecule has 0 saturated carbocycles. The van der Waals surface area contributed by atoms with Gasteiger partial charge in [0.05, 0.1) is 25.8 Å². The molecule has 4 aromatic rings. The molecule has 4 nitrogen and oxygen atoms in total. The van der Waals surface area contributed by atoms with Gasteiger partial charge in [-0.3, -0.25) is 9.36 Å². The van der Waals surface area contributed by atoms with Gasteiger partial charge < -0.3 is 4.90 Å². The topological polar surface area (TPSA) is 29.1 Å². The number of thiazole rings is 2. The molecule has 0 spiro atoms. The smallest absolute Gasteiger partial charge is 0.271 e. The molecule has 0 radical (unpaired) electrons. The number of thiophene rings is 1. The van der Waals surface area contributed by atoms with Crippen LogP contribution in [-0.2, 0) is 13.1 Å². The number of thioether (sulfide) groups is 1. The fraction of sp³-hybridized carbons (Fsp3) is 0.182. The Bertz CT molecular complexity index is 1500. The van der Waals surface area contributed by atoms with Crippen molar-refractivity contribution >= 4 is 78.5 Å². The van der Waals surface area contributed by atoms with Crippen molar-refractivity contribution in [3.63, 3.8) is 0 Å². The van der Waals surface area contributed by atoms with E-state index < -0.39 is 0 Å². The maximum atomic E-state index is 13.7. The van der Waals surface area contributed by atoms with Crippen LogP contribution >= 0.6 is 61.7 Å². The largest absolute Gasteiger partial charge is 0.337 e. The Labute approximate surface area is 208 Å². The molecule has 1 aromatic carbocycles. The third-order valence-electron chi connectivity index (χ3n) is 5.13. The van der Waals surface area contributed by atoms with E-state index in [2.05, 4.69) is 50.3 Å². The molecule has 10 heteroatoms. The summed E-state index contributed by atoms with van der Waals surface area (Å²) in [5.74, 6) is -0.267. The van der Waals surface area contributed by atoms with Gasteiger partial charge in [0, 0.05) is 18.5 Å². The lowest BCUT2D eigenvalue weighted by molar-refractivity contribution is -0.684. The van der Waals surface area contributed by atoms with Crippen LogP contribution in [0, 0.1) is 5.82 Å². The Morgan fingerprint density at radius 3 is 2.81 bits per heavy atom. The number of nitrogens with zero attached hydrogens (tertiary/aromatic N) is 3. The maximum Gasteiger partial charge on any atom is 0.271 e. The van der Waals surface area contributed by atoms with Gasteiger partial charge in [-0.1, -0.05) is 23.1 Å². The molecule has 0 aliphatic carbocycles. The summed E-state index contributed by atoms with van der Waals surface area (Å²) in [6.45, 7) is 3.37. The van der Waals surface area contributed by atoms with Crippen LogP contribution in [-0.4, -0.2) is 11.6 Å². The van der Waals surface area contributed by atoms with E-state index in [0.29, 0.717) is 11.1 Å². The Kier molecular flexibility index (Phi) is 6.15. The third-order valence-corrected chi connectivity index (χ3v) is 10.1. The van der Waals surface area contributed by atoms with Crippen LogP contribution in [0.3, 0.4) is 0 Å². The van der Waals surface area contributed by atoms with Gasteiger partial charge in [-0.15, -0.1) is 22.7 Å². The summed E-state index contributed by atoms with van der Waals surface area (Å²) in [7, 11) is 1.93. The predicted molar refractivity (Wildman–Crippen MR) is 137 cm³/mol. The van der Waals surface area contributed by atoms with E-state index in [9.17, 15) is 9.18 Å². The molecule has 0 N–H and O–H groups in total. The number of aromatic nitrogens is 2. The summed E-state index contributed by atoms with van der Waals surface area (Å²) >= 11 is 9.86. The first kappa shape index (κ1) is 22.1. The van der Waals surface area contributed by atoms with Gasteiger partial charge >= 0.3 is 0 Å². The summed E-state index contributed by atoms with van der Waals surface area (Å²) in [5.41, 5.74) is 0.919. The zero-order chi connectivity index (χ0) is 22.4. The van der Waals surface area contributed by atoms with Crippen molar-refractivity contribution in [2.45, 2.75) is 24.9 Å². The highest BCUT2D eigenvalue weighted by Gasteiger charge is 2.25. The van der Waals surface area contributed by atoms with Crippen LogP contribution < -0.4 is 24.2 Å². The molecule has 0 bridgehead atoms. The van der Waals surface area contributed by atoms with Gasteiger partial charge in [0.25, 0.3) is 10.6 Å². The second-order valence-electron chi connectivity index (χ2n) is 7.12. The fourth-order valence-electron chi connectivity index (χ4n) is 3.57. The van der Waals surface area contributed by atoms with Crippen molar-refractivity contribution in [2.24, 2.45) is 0 Å². The lowest BCUT2D eigenvalue weighted by Gasteiger charge is -2.12. The van der Waals surface area contributed by atoms with E-state index >= 15 is 0 Å². The summed E-state index contributed by atoms with van der Waals surface area (Å²) < 4.78 is 20.5. The predicted octanol–water partition coefficient (Wildman–Crippen LogP) is 4.43. The Morgan fingerprint density at radius 2 is 2.06 bits per heavy atom. The van der Waals surface area contributed by atoms with E-state index in [1.54, 1.807) is 28.7 Å². The minimum absolute atomic E-state index is 0.00308. The number of hydrogen-bond donors (Lipinski definition) is 0. The average molecular weight is 568 g/mol. The van der Waals surface area contributed by atoms with Crippen molar-refractivity contribution in [2.75, 3.05) is 11.9 Å². The molecule has 164 valence electrons. The zero-order valence-corrected chi connectivity index (χ0v) is 22.0. The first-order chi connectivity index (χ1) is 15.4. The SMILES string of the molecule is CCn1c(=Cc2scc[n+]2Cc2ccc(Br)s2)sc(=C2Sc3cc(F)ccc3N2C)c1=O. The molecule has 32 heavy (non-hydrogen) atoms. The quantitative estimate of drug-likeness (QED) is 0.342. The van der Waals surface area contributed by atoms with Crippen LogP contribution in [0.4, 0.5) is 10.1 Å². The molecule has 1 aliphatic rings. The zero-order valence-electron chi connectivity index (χ0n) is 17.2. The van der Waals surface area contributed by atoms with Gasteiger partial charge in [-0.25, -0.2) is 4.39 Å². The lowest BCUT2D eigenvalue weighted by Crippen LogP contribution is -2.36. The highest BCUT2D eigenvalue weighted by molar-refractivity contribution is 9.11. The maximum absolute atomic E-state index is 13.7. The minimum atomic E-state index is -0.267. The van der Waals surface area contributed by atoms with Crippen LogP contribution in [0.5, 0.6) is 0 Å². The van der Waals surface area contributed by atoms with Gasteiger partial charge in [-0.05, 0) is 53.2 Å². The molecule has 3 aromatic heterocycles. The Morgan fingerprint density at radius 1 is 1.22 bits per heavy atom. The highest BCUT2D eigenvalue weighted by Crippen LogP contribution is 2.45. The molecule has 1 aliphatic heterocycles. The molecule has 0 unspecified atom stereocenters. The number of halogens is 2. The summed E-state index contributed by atoms with van der Waals surface area (Å²) in [6.07, 6.45) is 4.17. The first-order valence-corrected chi connectivity index (χ1v) is 13.9. The summed E-state index contributed by atoms with van der Waals surface area (Å²) in [6, 6.07) is 8.94. The van der Waals surface area contributed by atoms with Crippen LogP contribution in [0.25, 0.3) is 11.1 Å². The van der Waals surface area contributed by atoms with Crippen LogP contribution in [0.1, 0.15) is 16.8 Å². The number of fused-ring (bicyclic) bond motifs is 1. The number of rotatable bonds is 4. The standard InChI is InChI=1S/C22H18BrFN3OS4/c1-3-27-19(11-18-26(8-9-29-18)12-14-5-7-17(23)30-14)32-20(21(27)28)22-25(2)15-6-4-13(24)10-16(15)31-22/h4-11H,3,12H2,1-2H3/q+1. The molecule has 0 saturated heterocycles. The van der Waals surface area contributed by atoms with E-state index in [4.69, 9.17) is 0 Å². The molecule has 0 amide bonds. The number of anilines is 1. The average Bonchev–Trinajstić information content (AvgIpc) is 3.51. The molecule has 4 heterocycles. The number of benzene rings is 1. The minimum Gasteiger partial charge on any atom is -0.337 e. The van der Waals surface area contributed by atoms with Crippen molar-refractivity contribution in [3.8, 4) is 0 Å². The van der Waals surface area contributed by atoms with E-state index in [1.165, 1.54) is 40.1 Å². The third kappa shape index (κ3) is 4.03. The normalized spacial score (nSPS) is 15.6. The molecular formula is C22H18BrFN3OS4+. The second kappa shape index (κ2) is 8.90. The molecule has 5 rings (SSSR count). The lowest BCUT2D eigenvalue weighted by atomic mass is 10.3. The first-order valence-electron chi connectivity index (χ1n) is 9.82. The van der Waals surface area contributed by atoms with Gasteiger partial charge in [0.15, 0.2) is 12.7 Å². The Hall–Kier alpha value is -1.72. The number of hydrogen-bond acceptors (Lipinski definition) is 6. The molecular weight excluding hydrogens is 549 g/mol. The molecule has 0 atom stereocenters. The molecule has 0 fully saturated rings. The van der Waals surface area contributed by atoms with Crippen molar-refractivity contribution in [1.82, 2.24) is 4.57 Å². The summed E-state index contributed by atoms with van der Waals surface area (Å²) in [4.78, 5) is 17.4. The highest BCUT2D eigenvalue weighted by atomic mass is 79.9. The Balaban J connectivity index is 1.61. The van der Waals surface area contributed by atoms with E-state index in [1.807, 2.05) is 23.4 Å². The van der Waals surface area contributed by atoms with Crippen LogP contribution in [0.2, 0.25) is 0 Å². The second-order valence-corrected chi connectivity index (χ2v) is 12.7. The summed E-state index contributed by atoms with van der Waals surface area (Å²) in [5, 5.41) is 4.01. The van der Waals surface area contributed by atoms with Crippen LogP contribution in [0.15, 0.2) is 55.4 Å². The van der Waals surface area contributed by atoms with Crippen molar-refractivity contribution < 1.29 is 8.96 Å². The fourth-order valence-corrected chi connectivity index (χ4v) is 8.39. The van der Waals surface area contributed by atoms with E-state index in [-0.39, 0.29) is 11.4 Å². The van der Waals surface area contributed by atoms with Gasteiger partial charge in [-0.2, -0.15) is 4.57 Å².